The summed E-state index contributed by atoms with van der Waals surface area (Å²) >= 11 is 0. The molecule has 1 heterocycles. The van der Waals surface area contributed by atoms with Crippen molar-refractivity contribution in [3.05, 3.63) is 35.3 Å². The molecule has 0 aromatic heterocycles. The lowest BCUT2D eigenvalue weighted by molar-refractivity contribution is -0.140. The van der Waals surface area contributed by atoms with Gasteiger partial charge in [0, 0.05) is 23.1 Å². The molecule has 7 nitrogen and oxygen atoms in total. The van der Waals surface area contributed by atoms with Crippen LogP contribution >= 0.6 is 0 Å². The standard InChI is InChI=1S/C20H29N3O4/c1-12(2)16(24)17(25)22-20(3,4)19(27)21-15-14-9-7-6-8-13(14)10-11-23(5)18(15)26/h6-9,12,15-16,24H,10-11H2,1-5H3,(H,21,27)(H,22,25)/t15-,16-/m0/s1/i5D3,6D,7D,8D,9D,10D2,11D2,15D,16D. The quantitative estimate of drug-likeness (QED) is 0.694. The maximum atomic E-state index is 13.7. The van der Waals surface area contributed by atoms with E-state index in [4.69, 9.17) is 17.8 Å². The molecule has 7 heteroatoms. The van der Waals surface area contributed by atoms with E-state index in [1.807, 2.05) is 5.32 Å². The lowest BCUT2D eigenvalue weighted by atomic mass is 9.96. The SMILES string of the molecule is [2H]c1c([2H])c([2H])c2c(c1[2H])C([2H])([2H])C([2H])([2H])N(C([2H])([2H])[2H])C(=O)[C@@]2([2H])NC(=O)C(C)(C)NC(=O)[C@@]([2H])(O)C(C)C. The number of amides is 3. The van der Waals surface area contributed by atoms with Crippen LogP contribution < -0.4 is 10.6 Å². The predicted octanol–water partition coefficient (Wildman–Crippen LogP) is 0.770. The first-order valence-electron chi connectivity index (χ1n) is 14.5. The lowest BCUT2D eigenvalue weighted by Crippen LogP contribution is -2.58. The van der Waals surface area contributed by atoms with E-state index in [1.165, 1.54) is 13.8 Å². The molecule has 0 spiro atoms. The van der Waals surface area contributed by atoms with E-state index in [1.54, 1.807) is 0 Å². The smallest absolute Gasteiger partial charge is 0.249 e. The van der Waals surface area contributed by atoms with Gasteiger partial charge in [0.15, 0.2) is 0 Å². The van der Waals surface area contributed by atoms with Crippen molar-refractivity contribution >= 4 is 17.7 Å². The minimum Gasteiger partial charge on any atom is -0.383 e. The Balaban J connectivity index is 2.92. The summed E-state index contributed by atoms with van der Waals surface area (Å²) in [4.78, 5) is 39.0. The van der Waals surface area contributed by atoms with Crippen molar-refractivity contribution in [2.45, 2.75) is 51.7 Å². The first kappa shape index (κ1) is 9.19. The van der Waals surface area contributed by atoms with Crippen LogP contribution in [0.5, 0.6) is 0 Å². The minimum atomic E-state index is -3.85. The van der Waals surface area contributed by atoms with Gasteiger partial charge in [-0.15, -0.1) is 0 Å². The Hall–Kier alpha value is -2.41. The maximum Gasteiger partial charge on any atom is 0.249 e. The monoisotopic (exact) mass is 388 g/mol. The van der Waals surface area contributed by atoms with Crippen molar-refractivity contribution in [3.8, 4) is 0 Å². The summed E-state index contributed by atoms with van der Waals surface area (Å²) in [6.45, 7) is -2.94. The van der Waals surface area contributed by atoms with Crippen molar-refractivity contribution in [1.29, 1.82) is 0 Å². The molecule has 1 aromatic carbocycles. The van der Waals surface area contributed by atoms with Gasteiger partial charge in [-0.1, -0.05) is 38.0 Å². The Morgan fingerprint density at radius 2 is 2.15 bits per heavy atom. The molecule has 0 unspecified atom stereocenters. The van der Waals surface area contributed by atoms with Crippen LogP contribution in [0, 0.1) is 5.92 Å². The molecule has 0 aliphatic carbocycles. The van der Waals surface area contributed by atoms with Gasteiger partial charge < -0.3 is 20.6 Å². The van der Waals surface area contributed by atoms with Crippen molar-refractivity contribution in [1.82, 2.24) is 15.5 Å². The molecule has 0 bridgehead atoms. The Labute approximate surface area is 178 Å². The lowest BCUT2D eigenvalue weighted by Gasteiger charge is -2.30. The second kappa shape index (κ2) is 8.08. The number of benzene rings is 1. The molecule has 0 saturated heterocycles. The number of fused-ring (bicyclic) bond motifs is 1. The van der Waals surface area contributed by atoms with Gasteiger partial charge in [0.1, 0.15) is 17.6 Å². The molecule has 1 aliphatic heterocycles. The van der Waals surface area contributed by atoms with Crippen molar-refractivity contribution in [3.63, 3.8) is 0 Å². The Morgan fingerprint density at radius 1 is 1.48 bits per heavy atom. The molecule has 0 radical (unpaired) electrons. The van der Waals surface area contributed by atoms with Crippen LogP contribution in [-0.4, -0.2) is 52.8 Å². The average Bonchev–Trinajstić information content (AvgIpc) is 2.80. The summed E-state index contributed by atoms with van der Waals surface area (Å²) in [6.07, 6.45) is -6.40. The van der Waals surface area contributed by atoms with Gasteiger partial charge in [-0.25, -0.2) is 0 Å². The van der Waals surface area contributed by atoms with Crippen LogP contribution in [0.2, 0.25) is 0 Å². The van der Waals surface area contributed by atoms with Crippen LogP contribution in [-0.2, 0) is 20.8 Å². The maximum absolute atomic E-state index is 13.7. The van der Waals surface area contributed by atoms with Crippen molar-refractivity contribution in [2.24, 2.45) is 5.92 Å². The number of likely N-dealkylation sites (N-methyl/N-ethyl adjacent to an activating group) is 1. The van der Waals surface area contributed by atoms with E-state index in [0.29, 0.717) is 0 Å². The number of hydrogen-bond donors (Lipinski definition) is 3. The van der Waals surface area contributed by atoms with Gasteiger partial charge in [-0.05, 0) is 37.3 Å². The van der Waals surface area contributed by atoms with E-state index in [2.05, 4.69) is 5.32 Å². The van der Waals surface area contributed by atoms with E-state index in [0.717, 1.165) is 13.8 Å². The molecule has 2 rings (SSSR count). The van der Waals surface area contributed by atoms with Crippen LogP contribution in [0.3, 0.4) is 0 Å². The highest BCUT2D eigenvalue weighted by Gasteiger charge is 2.37. The fourth-order valence-corrected chi connectivity index (χ4v) is 2.03. The molecule has 27 heavy (non-hydrogen) atoms. The summed E-state index contributed by atoms with van der Waals surface area (Å²) in [5, 5.41) is 14.0. The van der Waals surface area contributed by atoms with E-state index in [-0.39, 0.29) is 0 Å². The number of carbonyl (C=O) groups is 3. The third-order valence-corrected chi connectivity index (χ3v) is 3.66. The molecule has 3 amide bonds. The number of hydrogen-bond acceptors (Lipinski definition) is 4. The second-order valence-electron chi connectivity index (χ2n) is 6.58. The van der Waals surface area contributed by atoms with Gasteiger partial charge in [0.2, 0.25) is 17.7 Å². The van der Waals surface area contributed by atoms with E-state index in [9.17, 15) is 19.5 Å². The van der Waals surface area contributed by atoms with Gasteiger partial charge in [0.25, 0.3) is 0 Å². The van der Waals surface area contributed by atoms with Gasteiger partial charge in [-0.2, -0.15) is 0 Å². The van der Waals surface area contributed by atoms with Crippen LogP contribution in [0.15, 0.2) is 24.2 Å². The first-order valence-corrected chi connectivity index (χ1v) is 7.95. The van der Waals surface area contributed by atoms with Gasteiger partial charge >= 0.3 is 0 Å². The number of aliphatic hydroxyl groups is 1. The number of nitrogens with one attached hydrogen (secondary N) is 2. The van der Waals surface area contributed by atoms with Crippen molar-refractivity contribution < 1.29 is 37.3 Å². The van der Waals surface area contributed by atoms with Gasteiger partial charge in [0.05, 0.1) is 8.22 Å². The molecule has 3 N–H and O–H groups in total. The Bertz CT molecular complexity index is 1260. The summed E-state index contributed by atoms with van der Waals surface area (Å²) < 4.78 is 106. The summed E-state index contributed by atoms with van der Waals surface area (Å²) in [5.41, 5.74) is -4.70. The molecule has 1 aromatic rings. The molecule has 2 atom stereocenters. The molecular weight excluding hydrogens is 346 g/mol. The predicted molar refractivity (Wildman–Crippen MR) is 102 cm³/mol. The van der Waals surface area contributed by atoms with Gasteiger partial charge in [-0.3, -0.25) is 14.4 Å². The van der Waals surface area contributed by atoms with Crippen molar-refractivity contribution in [2.75, 3.05) is 13.5 Å². The van der Waals surface area contributed by atoms with Crippen LogP contribution in [0.4, 0.5) is 0 Å². The number of nitrogens with zero attached hydrogens (tertiary/aromatic N) is 1. The van der Waals surface area contributed by atoms with E-state index >= 15 is 0 Å². The van der Waals surface area contributed by atoms with Crippen LogP contribution in [0.25, 0.3) is 0 Å². The third kappa shape index (κ3) is 4.66. The fraction of sp³-hybridized carbons (Fsp3) is 0.550. The summed E-state index contributed by atoms with van der Waals surface area (Å²) in [6, 6.07) is -8.20. The average molecular weight is 389 g/mol. The van der Waals surface area contributed by atoms with E-state index < -0.39 is 101 Å². The topological polar surface area (TPSA) is 98.7 Å². The molecule has 1 aliphatic rings. The Morgan fingerprint density at radius 3 is 2.78 bits per heavy atom. The molecule has 148 valence electrons. The first-order chi connectivity index (χ1) is 17.6. The molecular formula is C20H29N3O4. The fourth-order valence-electron chi connectivity index (χ4n) is 2.03. The minimum absolute atomic E-state index is 0.619. The number of carbonyl (C=O) groups excluding carboxylic acids is 3. The third-order valence-electron chi connectivity index (χ3n) is 3.66. The second-order valence-corrected chi connectivity index (χ2v) is 6.58. The number of rotatable bonds is 5. The molecule has 0 fully saturated rings. The zero-order valence-electron chi connectivity index (χ0n) is 28.2. The highest BCUT2D eigenvalue weighted by atomic mass is 16.3. The summed E-state index contributed by atoms with van der Waals surface area (Å²) in [5.74, 6) is -5.89. The zero-order valence-corrected chi connectivity index (χ0v) is 15.2. The normalized spacial score (nSPS) is 33.6. The largest absolute Gasteiger partial charge is 0.383 e. The van der Waals surface area contributed by atoms with Crippen LogP contribution in [0.1, 0.15) is 62.7 Å². The highest BCUT2D eigenvalue weighted by Crippen LogP contribution is 2.25. The summed E-state index contributed by atoms with van der Waals surface area (Å²) in [7, 11) is 0. The molecule has 0 saturated carbocycles. The highest BCUT2D eigenvalue weighted by molar-refractivity contribution is 5.95. The Kier molecular flexibility index (Phi) is 2.75. The zero-order chi connectivity index (χ0) is 31.8.